The highest BCUT2D eigenvalue weighted by Crippen LogP contribution is 1.96. The standard InChI is InChI=1S/C11H22O3Si/c1-4-6-13-9-15-8-5-7-14-11(12)10(2)3/h2,4-9,15H2,1,3H3. The smallest absolute Gasteiger partial charge is 0.333 e. The van der Waals surface area contributed by atoms with E-state index in [-0.39, 0.29) is 15.5 Å². The van der Waals surface area contributed by atoms with Gasteiger partial charge in [-0.3, -0.25) is 0 Å². The van der Waals surface area contributed by atoms with E-state index in [1.54, 1.807) is 6.92 Å². The fourth-order valence-electron chi connectivity index (χ4n) is 1.02. The lowest BCUT2D eigenvalue weighted by Gasteiger charge is -2.04. The molecule has 0 aromatic heterocycles. The highest BCUT2D eigenvalue weighted by atomic mass is 28.2. The van der Waals surface area contributed by atoms with Crippen LogP contribution in [0.3, 0.4) is 0 Å². The van der Waals surface area contributed by atoms with Gasteiger partial charge in [0.1, 0.15) is 0 Å². The second-order valence-electron chi connectivity index (χ2n) is 3.59. The first-order valence-corrected chi connectivity index (χ1v) is 7.58. The van der Waals surface area contributed by atoms with Gasteiger partial charge in [-0.25, -0.2) is 4.79 Å². The molecule has 0 atom stereocenters. The summed E-state index contributed by atoms with van der Waals surface area (Å²) in [5.74, 6) is -0.279. The molecule has 0 N–H and O–H groups in total. The molecule has 4 heteroatoms. The average Bonchev–Trinajstić information content (AvgIpc) is 2.21. The van der Waals surface area contributed by atoms with E-state index in [4.69, 9.17) is 9.47 Å². The van der Waals surface area contributed by atoms with Crippen molar-refractivity contribution in [2.45, 2.75) is 32.7 Å². The maximum atomic E-state index is 11.0. The molecule has 0 aliphatic rings. The van der Waals surface area contributed by atoms with Crippen molar-refractivity contribution in [1.82, 2.24) is 0 Å². The van der Waals surface area contributed by atoms with E-state index in [9.17, 15) is 4.79 Å². The molecule has 0 fully saturated rings. The van der Waals surface area contributed by atoms with Crippen LogP contribution in [0.15, 0.2) is 12.2 Å². The number of esters is 1. The van der Waals surface area contributed by atoms with E-state index in [0.717, 1.165) is 25.7 Å². The number of rotatable bonds is 9. The molecule has 0 spiro atoms. The minimum absolute atomic E-state index is 0.109. The highest BCUT2D eigenvalue weighted by Gasteiger charge is 2.01. The molecule has 88 valence electrons. The Bertz CT molecular complexity index is 192. The number of carbonyl (C=O) groups is 1. The topological polar surface area (TPSA) is 35.5 Å². The van der Waals surface area contributed by atoms with Gasteiger partial charge >= 0.3 is 5.97 Å². The van der Waals surface area contributed by atoms with E-state index in [1.165, 1.54) is 6.04 Å². The Kier molecular flexibility index (Phi) is 9.52. The van der Waals surface area contributed by atoms with Crippen molar-refractivity contribution in [3.05, 3.63) is 12.2 Å². The Labute approximate surface area is 94.7 Å². The van der Waals surface area contributed by atoms with Crippen LogP contribution in [0, 0.1) is 0 Å². The van der Waals surface area contributed by atoms with Crippen LogP contribution in [0.25, 0.3) is 0 Å². The summed E-state index contributed by atoms with van der Waals surface area (Å²) in [4.78, 5) is 11.0. The van der Waals surface area contributed by atoms with E-state index in [1.807, 2.05) is 0 Å². The Hall–Kier alpha value is -0.613. The summed E-state index contributed by atoms with van der Waals surface area (Å²) >= 11 is 0. The third kappa shape index (κ3) is 9.69. The van der Waals surface area contributed by atoms with E-state index in [2.05, 4.69) is 13.5 Å². The number of ether oxygens (including phenoxy) is 2. The minimum atomic E-state index is -0.279. The van der Waals surface area contributed by atoms with Crippen LogP contribution in [0.2, 0.25) is 6.04 Å². The number of carbonyl (C=O) groups excluding carboxylic acids is 1. The molecular weight excluding hydrogens is 208 g/mol. The molecule has 0 aliphatic carbocycles. The fourth-order valence-corrected chi connectivity index (χ4v) is 2.19. The second-order valence-corrected chi connectivity index (χ2v) is 5.41. The number of hydrogen-bond donors (Lipinski definition) is 0. The molecule has 0 saturated carbocycles. The molecule has 0 aromatic rings. The molecule has 0 bridgehead atoms. The summed E-state index contributed by atoms with van der Waals surface area (Å²) in [5.41, 5.74) is 0.471. The summed E-state index contributed by atoms with van der Waals surface area (Å²) in [6.45, 7) is 8.68. The lowest BCUT2D eigenvalue weighted by Crippen LogP contribution is -2.08. The largest absolute Gasteiger partial charge is 0.462 e. The maximum Gasteiger partial charge on any atom is 0.333 e. The third-order valence-electron chi connectivity index (χ3n) is 1.86. The first kappa shape index (κ1) is 14.4. The van der Waals surface area contributed by atoms with E-state index in [0.29, 0.717) is 12.2 Å². The zero-order valence-electron chi connectivity index (χ0n) is 9.88. The molecule has 0 aromatic carbocycles. The predicted octanol–water partition coefficient (Wildman–Crippen LogP) is 1.47. The van der Waals surface area contributed by atoms with Gasteiger partial charge in [-0.15, -0.1) is 0 Å². The molecule has 0 heterocycles. The van der Waals surface area contributed by atoms with Crippen molar-refractivity contribution in [3.63, 3.8) is 0 Å². The van der Waals surface area contributed by atoms with Crippen LogP contribution < -0.4 is 0 Å². The summed E-state index contributed by atoms with van der Waals surface area (Å²) in [7, 11) is -0.109. The first-order valence-electron chi connectivity index (χ1n) is 5.58. The van der Waals surface area contributed by atoms with Crippen LogP contribution >= 0.6 is 0 Å². The number of hydrogen-bond acceptors (Lipinski definition) is 3. The van der Waals surface area contributed by atoms with Gasteiger partial charge in [0.05, 0.1) is 16.1 Å². The van der Waals surface area contributed by atoms with Crippen molar-refractivity contribution in [2.24, 2.45) is 0 Å². The van der Waals surface area contributed by atoms with E-state index >= 15 is 0 Å². The van der Waals surface area contributed by atoms with Crippen LogP contribution in [-0.2, 0) is 14.3 Å². The van der Waals surface area contributed by atoms with Crippen molar-refractivity contribution in [3.8, 4) is 0 Å². The van der Waals surface area contributed by atoms with Crippen LogP contribution in [0.5, 0.6) is 0 Å². The molecule has 15 heavy (non-hydrogen) atoms. The quantitative estimate of drug-likeness (QED) is 0.260. The van der Waals surface area contributed by atoms with Gasteiger partial charge in [-0.2, -0.15) is 0 Å². The zero-order chi connectivity index (χ0) is 11.5. The molecule has 0 radical (unpaired) electrons. The van der Waals surface area contributed by atoms with Gasteiger partial charge < -0.3 is 9.47 Å². The van der Waals surface area contributed by atoms with Gasteiger partial charge in [0.2, 0.25) is 0 Å². The van der Waals surface area contributed by atoms with Crippen molar-refractivity contribution < 1.29 is 14.3 Å². The van der Waals surface area contributed by atoms with Gasteiger partial charge in [0.15, 0.2) is 0 Å². The maximum absolute atomic E-state index is 11.0. The van der Waals surface area contributed by atoms with Gasteiger partial charge in [-0.05, 0) is 19.8 Å². The molecule has 0 saturated heterocycles. The monoisotopic (exact) mass is 230 g/mol. The van der Waals surface area contributed by atoms with Crippen LogP contribution in [0.4, 0.5) is 0 Å². The first-order chi connectivity index (χ1) is 7.18. The second kappa shape index (κ2) is 9.92. The molecule has 0 amide bonds. The summed E-state index contributed by atoms with van der Waals surface area (Å²) in [5, 5.41) is 0. The van der Waals surface area contributed by atoms with E-state index < -0.39 is 0 Å². The SMILES string of the molecule is C=C(C)C(=O)OCCC[SiH2]COCCC. The fraction of sp³-hybridized carbons (Fsp3) is 0.727. The lowest BCUT2D eigenvalue weighted by molar-refractivity contribution is -0.138. The summed E-state index contributed by atoms with van der Waals surface area (Å²) in [6.07, 6.45) is 2.99. The van der Waals surface area contributed by atoms with Crippen molar-refractivity contribution in [1.29, 1.82) is 0 Å². The third-order valence-corrected chi connectivity index (χ3v) is 3.44. The molecule has 3 nitrogen and oxygen atoms in total. The van der Waals surface area contributed by atoms with Crippen LogP contribution in [-0.4, -0.2) is 34.9 Å². The molecular formula is C11H22O3Si. The molecule has 0 unspecified atom stereocenters. The lowest BCUT2D eigenvalue weighted by atomic mass is 10.4. The van der Waals surface area contributed by atoms with Gasteiger partial charge in [0, 0.05) is 18.4 Å². The van der Waals surface area contributed by atoms with Gasteiger partial charge in [0.25, 0.3) is 0 Å². The summed E-state index contributed by atoms with van der Waals surface area (Å²) < 4.78 is 10.4. The van der Waals surface area contributed by atoms with Crippen molar-refractivity contribution >= 4 is 15.5 Å². The Morgan fingerprint density at radius 1 is 1.40 bits per heavy atom. The van der Waals surface area contributed by atoms with Crippen molar-refractivity contribution in [2.75, 3.05) is 19.4 Å². The normalized spacial score (nSPS) is 10.8. The van der Waals surface area contributed by atoms with Gasteiger partial charge in [-0.1, -0.05) is 19.5 Å². The Morgan fingerprint density at radius 3 is 2.73 bits per heavy atom. The average molecular weight is 230 g/mol. The Morgan fingerprint density at radius 2 is 2.13 bits per heavy atom. The minimum Gasteiger partial charge on any atom is -0.462 e. The molecule has 0 rings (SSSR count). The highest BCUT2D eigenvalue weighted by molar-refractivity contribution is 6.35. The molecule has 0 aliphatic heterocycles. The van der Waals surface area contributed by atoms with Crippen LogP contribution in [0.1, 0.15) is 26.7 Å². The summed E-state index contributed by atoms with van der Waals surface area (Å²) in [6, 6.07) is 1.17. The Balaban J connectivity index is 3.11. The predicted molar refractivity (Wildman–Crippen MR) is 64.9 cm³/mol. The zero-order valence-corrected chi connectivity index (χ0v) is 11.3.